The number of benzene rings is 2. The molecule has 1 aliphatic heterocycles. The predicted molar refractivity (Wildman–Crippen MR) is 106 cm³/mol. The van der Waals surface area contributed by atoms with Crippen LogP contribution in [0.2, 0.25) is 0 Å². The first-order valence-corrected chi connectivity index (χ1v) is 9.35. The fourth-order valence-corrected chi connectivity index (χ4v) is 3.41. The zero-order valence-corrected chi connectivity index (χ0v) is 16.0. The van der Waals surface area contributed by atoms with Crippen LogP contribution in [-0.2, 0) is 4.74 Å². The molecule has 1 aliphatic rings. The Kier molecular flexibility index (Phi) is 5.56. The number of fused-ring (bicyclic) bond motifs is 1. The number of phenolic OH excluding ortho intramolecular Hbond substituents is 2. The largest absolute Gasteiger partial charge is 0.508 e. The second-order valence-electron chi connectivity index (χ2n) is 7.16. The summed E-state index contributed by atoms with van der Waals surface area (Å²) >= 11 is 0. The summed E-state index contributed by atoms with van der Waals surface area (Å²) in [5, 5.41) is 58.8. The Labute approximate surface area is 174 Å². The Morgan fingerprint density at radius 2 is 1.68 bits per heavy atom. The van der Waals surface area contributed by atoms with Gasteiger partial charge in [0.2, 0.25) is 11.7 Å². The monoisotopic (exact) mass is 432 g/mol. The van der Waals surface area contributed by atoms with Crippen LogP contribution >= 0.6 is 0 Å². The van der Waals surface area contributed by atoms with Gasteiger partial charge in [-0.05, 0) is 17.7 Å². The number of phenols is 2. The van der Waals surface area contributed by atoms with Crippen molar-refractivity contribution in [3.05, 3.63) is 52.9 Å². The van der Waals surface area contributed by atoms with E-state index in [9.17, 15) is 35.4 Å². The van der Waals surface area contributed by atoms with Crippen LogP contribution in [0.1, 0.15) is 0 Å². The number of rotatable bonds is 4. The lowest BCUT2D eigenvalue weighted by molar-refractivity contribution is -0.277. The van der Waals surface area contributed by atoms with Crippen molar-refractivity contribution in [2.24, 2.45) is 0 Å². The molecule has 0 saturated carbocycles. The van der Waals surface area contributed by atoms with Crippen LogP contribution in [0.25, 0.3) is 22.1 Å². The third-order valence-electron chi connectivity index (χ3n) is 5.11. The second-order valence-corrected chi connectivity index (χ2v) is 7.16. The van der Waals surface area contributed by atoms with Gasteiger partial charge in [0.1, 0.15) is 58.9 Å². The lowest BCUT2D eigenvalue weighted by Gasteiger charge is -2.39. The molecule has 0 unspecified atom stereocenters. The lowest BCUT2D eigenvalue weighted by atomic mass is 9.99. The zero-order valence-electron chi connectivity index (χ0n) is 16.0. The Bertz CT molecular complexity index is 1140. The van der Waals surface area contributed by atoms with Gasteiger partial charge in [0.15, 0.2) is 0 Å². The van der Waals surface area contributed by atoms with Gasteiger partial charge in [0.25, 0.3) is 0 Å². The standard InChI is InChI=1S/C21H20O10/c22-7-15-18(26)19(27)20(28)21(31-15)30-11-5-13(24)16-14(6-11)29-8-12(17(16)25)9-1-3-10(23)4-2-9/h1-6,8,15,18-24,26-28H,7H2/t15-,18+,19-,20-,21+/m0/s1. The maximum Gasteiger partial charge on any atom is 0.229 e. The lowest BCUT2D eigenvalue weighted by Crippen LogP contribution is -2.60. The first-order valence-electron chi connectivity index (χ1n) is 9.35. The Morgan fingerprint density at radius 3 is 2.35 bits per heavy atom. The third-order valence-corrected chi connectivity index (χ3v) is 5.11. The van der Waals surface area contributed by atoms with Crippen molar-refractivity contribution in [1.29, 1.82) is 0 Å². The Morgan fingerprint density at radius 1 is 0.968 bits per heavy atom. The maximum absolute atomic E-state index is 12.9. The Balaban J connectivity index is 1.68. The normalized spacial score (nSPS) is 26.1. The van der Waals surface area contributed by atoms with Crippen molar-refractivity contribution in [2.45, 2.75) is 30.7 Å². The molecular formula is C21H20O10. The summed E-state index contributed by atoms with van der Waals surface area (Å²) in [4.78, 5) is 12.9. The first kappa shape index (κ1) is 21.1. The molecule has 1 fully saturated rings. The molecule has 0 bridgehead atoms. The minimum atomic E-state index is -1.64. The second kappa shape index (κ2) is 8.17. The topological polar surface area (TPSA) is 170 Å². The van der Waals surface area contributed by atoms with E-state index in [4.69, 9.17) is 13.9 Å². The first-order chi connectivity index (χ1) is 14.8. The summed E-state index contributed by atoms with van der Waals surface area (Å²) in [6.45, 7) is -0.622. The van der Waals surface area contributed by atoms with Crippen molar-refractivity contribution >= 4 is 11.0 Å². The van der Waals surface area contributed by atoms with Gasteiger partial charge in [-0.3, -0.25) is 4.79 Å². The number of aromatic hydroxyl groups is 2. The molecule has 6 N–H and O–H groups in total. The summed E-state index contributed by atoms with van der Waals surface area (Å²) in [6.07, 6.45) is -6.23. The summed E-state index contributed by atoms with van der Waals surface area (Å²) < 4.78 is 16.2. The predicted octanol–water partition coefficient (Wildman–Crippen LogP) is 0.0499. The molecule has 1 aromatic heterocycles. The van der Waals surface area contributed by atoms with Crippen molar-refractivity contribution in [2.75, 3.05) is 6.61 Å². The molecule has 3 aromatic rings. The molecule has 10 nitrogen and oxygen atoms in total. The van der Waals surface area contributed by atoms with Crippen molar-refractivity contribution in [3.8, 4) is 28.4 Å². The van der Waals surface area contributed by atoms with Crippen molar-refractivity contribution in [1.82, 2.24) is 0 Å². The molecule has 0 radical (unpaired) electrons. The molecule has 1 saturated heterocycles. The summed E-state index contributed by atoms with van der Waals surface area (Å²) in [7, 11) is 0. The third kappa shape index (κ3) is 3.82. The molecule has 5 atom stereocenters. The maximum atomic E-state index is 12.9. The molecule has 2 heterocycles. The molecule has 0 spiro atoms. The van der Waals surface area contributed by atoms with Gasteiger partial charge in [-0.15, -0.1) is 0 Å². The van der Waals surface area contributed by atoms with Crippen LogP contribution in [0, 0.1) is 0 Å². The molecule has 2 aromatic carbocycles. The average Bonchev–Trinajstić information content (AvgIpc) is 2.75. The highest BCUT2D eigenvalue weighted by Gasteiger charge is 2.44. The van der Waals surface area contributed by atoms with Crippen LogP contribution in [0.5, 0.6) is 17.2 Å². The van der Waals surface area contributed by atoms with Gasteiger partial charge in [0, 0.05) is 12.1 Å². The van der Waals surface area contributed by atoms with Crippen LogP contribution in [0.3, 0.4) is 0 Å². The Hall–Kier alpha value is -3.15. The van der Waals surface area contributed by atoms with E-state index in [1.165, 1.54) is 36.6 Å². The van der Waals surface area contributed by atoms with E-state index in [-0.39, 0.29) is 28.0 Å². The van der Waals surface area contributed by atoms with E-state index in [0.29, 0.717) is 5.56 Å². The highest BCUT2D eigenvalue weighted by molar-refractivity contribution is 5.88. The van der Waals surface area contributed by atoms with E-state index in [1.54, 1.807) is 0 Å². The quantitative estimate of drug-likeness (QED) is 0.331. The van der Waals surface area contributed by atoms with E-state index < -0.39 is 48.5 Å². The van der Waals surface area contributed by atoms with Crippen molar-refractivity contribution < 1.29 is 44.5 Å². The molecular weight excluding hydrogens is 412 g/mol. The van der Waals surface area contributed by atoms with Gasteiger partial charge >= 0.3 is 0 Å². The SMILES string of the molecule is O=c1c(-c2ccc(O)cc2)coc2cc(O[C@@H]3O[C@@H](CO)[C@@H](O)[C@H](O)[C@@H]3O)cc(O)c12. The van der Waals surface area contributed by atoms with Crippen LogP contribution in [0.15, 0.2) is 51.9 Å². The van der Waals surface area contributed by atoms with Gasteiger partial charge in [-0.1, -0.05) is 12.1 Å². The molecule has 0 amide bonds. The number of hydrogen-bond donors (Lipinski definition) is 6. The summed E-state index contributed by atoms with van der Waals surface area (Å²) in [6, 6.07) is 8.29. The van der Waals surface area contributed by atoms with Gasteiger partial charge < -0.3 is 44.5 Å². The van der Waals surface area contributed by atoms with E-state index >= 15 is 0 Å². The summed E-state index contributed by atoms with van der Waals surface area (Å²) in [5.41, 5.74) is 0.135. The fourth-order valence-electron chi connectivity index (χ4n) is 3.41. The highest BCUT2D eigenvalue weighted by Crippen LogP contribution is 2.32. The highest BCUT2D eigenvalue weighted by atomic mass is 16.7. The molecule has 4 rings (SSSR count). The number of aliphatic hydroxyl groups is 4. The molecule has 10 heteroatoms. The molecule has 164 valence electrons. The smallest absolute Gasteiger partial charge is 0.229 e. The fraction of sp³-hybridized carbons (Fsp3) is 0.286. The zero-order chi connectivity index (χ0) is 22.3. The molecule has 0 aliphatic carbocycles. The van der Waals surface area contributed by atoms with Gasteiger partial charge in [-0.2, -0.15) is 0 Å². The van der Waals surface area contributed by atoms with Gasteiger partial charge in [-0.25, -0.2) is 0 Å². The van der Waals surface area contributed by atoms with E-state index in [2.05, 4.69) is 0 Å². The van der Waals surface area contributed by atoms with Crippen LogP contribution < -0.4 is 10.2 Å². The number of hydrogen-bond acceptors (Lipinski definition) is 10. The van der Waals surface area contributed by atoms with Gasteiger partial charge in [0.05, 0.1) is 12.2 Å². The number of aliphatic hydroxyl groups excluding tert-OH is 4. The minimum absolute atomic E-state index is 0.00730. The summed E-state index contributed by atoms with van der Waals surface area (Å²) in [5.74, 6) is -0.465. The van der Waals surface area contributed by atoms with E-state index in [1.807, 2.05) is 0 Å². The number of ether oxygens (including phenoxy) is 2. The van der Waals surface area contributed by atoms with Crippen molar-refractivity contribution in [3.63, 3.8) is 0 Å². The molecule has 31 heavy (non-hydrogen) atoms. The van der Waals surface area contributed by atoms with Crippen LogP contribution in [0.4, 0.5) is 0 Å². The van der Waals surface area contributed by atoms with Crippen LogP contribution in [-0.4, -0.2) is 68.0 Å². The minimum Gasteiger partial charge on any atom is -0.508 e. The van der Waals surface area contributed by atoms with E-state index in [0.717, 1.165) is 6.07 Å². The average molecular weight is 432 g/mol.